The second-order valence-electron chi connectivity index (χ2n) is 3.82. The largest absolute Gasteiger partial charge is 0.330 e. The van der Waals surface area contributed by atoms with Crippen LogP contribution < -0.4 is 5.32 Å². The molecule has 4 nitrogen and oxygen atoms in total. The molecule has 0 bridgehead atoms. The summed E-state index contributed by atoms with van der Waals surface area (Å²) in [6.07, 6.45) is 4.53. The molecule has 0 spiro atoms. The highest BCUT2D eigenvalue weighted by molar-refractivity contribution is 9.10. The minimum Gasteiger partial charge on any atom is -0.330 e. The molecule has 0 aliphatic carbocycles. The van der Waals surface area contributed by atoms with Crippen molar-refractivity contribution >= 4 is 15.9 Å². The summed E-state index contributed by atoms with van der Waals surface area (Å²) >= 11 is 3.52. The van der Waals surface area contributed by atoms with E-state index in [1.807, 2.05) is 32.4 Å². The first-order valence-electron chi connectivity index (χ1n) is 5.50. The molecule has 0 aliphatic rings. The Morgan fingerprint density at radius 2 is 2.29 bits per heavy atom. The van der Waals surface area contributed by atoms with Gasteiger partial charge in [-0.2, -0.15) is 0 Å². The summed E-state index contributed by atoms with van der Waals surface area (Å²) < 4.78 is 2.98. The van der Waals surface area contributed by atoms with Gasteiger partial charge in [0.15, 0.2) is 0 Å². The first-order valence-corrected chi connectivity index (χ1v) is 6.29. The maximum absolute atomic E-state index is 4.54. The average Bonchev–Trinajstić information content (AvgIpc) is 2.63. The van der Waals surface area contributed by atoms with Crippen molar-refractivity contribution in [2.45, 2.75) is 6.42 Å². The van der Waals surface area contributed by atoms with Crippen LogP contribution in [0.1, 0.15) is 5.82 Å². The van der Waals surface area contributed by atoms with Crippen molar-refractivity contribution in [3.63, 3.8) is 0 Å². The molecule has 2 rings (SSSR count). The van der Waals surface area contributed by atoms with E-state index in [-0.39, 0.29) is 0 Å². The monoisotopic (exact) mass is 294 g/mol. The van der Waals surface area contributed by atoms with Gasteiger partial charge in [-0.3, -0.25) is 4.98 Å². The van der Waals surface area contributed by atoms with Crippen molar-refractivity contribution in [3.05, 3.63) is 35.0 Å². The highest BCUT2D eigenvalue weighted by atomic mass is 79.9. The standard InChI is InChI=1S/C12H15BrN4/c1-14-7-5-10-16-12(13)11(17(10)2)9-4-3-6-15-8-9/h3-4,6,8,14H,5,7H2,1-2H3. The van der Waals surface area contributed by atoms with E-state index >= 15 is 0 Å². The zero-order valence-electron chi connectivity index (χ0n) is 9.94. The van der Waals surface area contributed by atoms with Gasteiger partial charge in [-0.1, -0.05) is 0 Å². The predicted molar refractivity (Wildman–Crippen MR) is 71.8 cm³/mol. The first-order chi connectivity index (χ1) is 8.24. The summed E-state index contributed by atoms with van der Waals surface area (Å²) in [6.45, 7) is 0.920. The van der Waals surface area contributed by atoms with Crippen LogP contribution in [0.2, 0.25) is 0 Å². The molecule has 17 heavy (non-hydrogen) atoms. The quantitative estimate of drug-likeness (QED) is 0.938. The lowest BCUT2D eigenvalue weighted by atomic mass is 10.2. The van der Waals surface area contributed by atoms with Crippen molar-refractivity contribution in [2.75, 3.05) is 13.6 Å². The van der Waals surface area contributed by atoms with Crippen LogP contribution >= 0.6 is 15.9 Å². The summed E-state index contributed by atoms with van der Waals surface area (Å²) in [5.74, 6) is 1.06. The molecule has 90 valence electrons. The molecule has 0 fully saturated rings. The zero-order valence-corrected chi connectivity index (χ0v) is 11.5. The van der Waals surface area contributed by atoms with Crippen LogP contribution in [0.15, 0.2) is 29.1 Å². The van der Waals surface area contributed by atoms with Gasteiger partial charge in [0.25, 0.3) is 0 Å². The number of nitrogens with zero attached hydrogens (tertiary/aromatic N) is 3. The Morgan fingerprint density at radius 3 is 2.94 bits per heavy atom. The van der Waals surface area contributed by atoms with Crippen LogP contribution in [0.3, 0.4) is 0 Å². The van der Waals surface area contributed by atoms with Gasteiger partial charge in [-0.05, 0) is 35.1 Å². The number of likely N-dealkylation sites (N-methyl/N-ethyl adjacent to an activating group) is 1. The topological polar surface area (TPSA) is 42.7 Å². The molecule has 1 N–H and O–H groups in total. The Bertz CT molecular complexity index is 493. The summed E-state index contributed by atoms with van der Waals surface area (Å²) in [4.78, 5) is 8.68. The molecule has 5 heteroatoms. The molecule has 0 saturated heterocycles. The number of imidazole rings is 1. The number of halogens is 1. The van der Waals surface area contributed by atoms with Crippen LogP contribution in [-0.2, 0) is 13.5 Å². The molecular weight excluding hydrogens is 280 g/mol. The molecule has 2 heterocycles. The maximum Gasteiger partial charge on any atom is 0.132 e. The minimum absolute atomic E-state index is 0.874. The Labute approximate surface area is 109 Å². The van der Waals surface area contributed by atoms with Crippen molar-refractivity contribution in [1.29, 1.82) is 0 Å². The fourth-order valence-corrected chi connectivity index (χ4v) is 2.48. The van der Waals surface area contributed by atoms with Crippen molar-refractivity contribution in [1.82, 2.24) is 19.9 Å². The van der Waals surface area contributed by atoms with E-state index < -0.39 is 0 Å². The number of hydrogen-bond acceptors (Lipinski definition) is 3. The summed E-state index contributed by atoms with van der Waals surface area (Å²) in [6, 6.07) is 3.97. The van der Waals surface area contributed by atoms with E-state index in [9.17, 15) is 0 Å². The maximum atomic E-state index is 4.54. The second kappa shape index (κ2) is 5.42. The van der Waals surface area contributed by atoms with Crippen LogP contribution in [0.4, 0.5) is 0 Å². The fraction of sp³-hybridized carbons (Fsp3) is 0.333. The third-order valence-corrected chi connectivity index (χ3v) is 3.23. The van der Waals surface area contributed by atoms with Crippen molar-refractivity contribution in [2.24, 2.45) is 7.05 Å². The molecular formula is C12H15BrN4. The number of pyridine rings is 1. The predicted octanol–water partition coefficient (Wildman–Crippen LogP) is 2.01. The van der Waals surface area contributed by atoms with Crippen LogP contribution in [0, 0.1) is 0 Å². The van der Waals surface area contributed by atoms with Crippen LogP contribution in [-0.4, -0.2) is 28.1 Å². The van der Waals surface area contributed by atoms with Gasteiger partial charge in [0, 0.05) is 38.0 Å². The smallest absolute Gasteiger partial charge is 0.132 e. The van der Waals surface area contributed by atoms with Gasteiger partial charge in [-0.25, -0.2) is 4.98 Å². The molecule has 0 radical (unpaired) electrons. The molecule has 0 unspecified atom stereocenters. The lowest BCUT2D eigenvalue weighted by Gasteiger charge is -2.05. The lowest BCUT2D eigenvalue weighted by molar-refractivity contribution is 0.720. The van der Waals surface area contributed by atoms with E-state index in [1.54, 1.807) is 6.20 Å². The van der Waals surface area contributed by atoms with Crippen LogP contribution in [0.5, 0.6) is 0 Å². The third-order valence-electron chi connectivity index (χ3n) is 2.68. The van der Waals surface area contributed by atoms with Gasteiger partial charge >= 0.3 is 0 Å². The fourth-order valence-electron chi connectivity index (χ4n) is 1.78. The molecule has 2 aromatic heterocycles. The summed E-state index contributed by atoms with van der Waals surface area (Å²) in [5.41, 5.74) is 2.15. The molecule has 2 aromatic rings. The first kappa shape index (κ1) is 12.3. The van der Waals surface area contributed by atoms with Crippen molar-refractivity contribution in [3.8, 4) is 11.3 Å². The van der Waals surface area contributed by atoms with Gasteiger partial charge in [0.2, 0.25) is 0 Å². The minimum atomic E-state index is 0.874. The zero-order chi connectivity index (χ0) is 12.3. The number of nitrogens with one attached hydrogen (secondary N) is 1. The molecule has 0 aromatic carbocycles. The third kappa shape index (κ3) is 2.56. The number of hydrogen-bond donors (Lipinski definition) is 1. The van der Waals surface area contributed by atoms with E-state index in [4.69, 9.17) is 0 Å². The molecule has 0 atom stereocenters. The number of aromatic nitrogens is 3. The summed E-state index contributed by atoms with van der Waals surface area (Å²) in [7, 11) is 3.98. The van der Waals surface area contributed by atoms with Gasteiger partial charge in [0.1, 0.15) is 10.4 Å². The van der Waals surface area contributed by atoms with E-state index in [0.717, 1.165) is 34.7 Å². The van der Waals surface area contributed by atoms with Crippen LogP contribution in [0.25, 0.3) is 11.3 Å². The van der Waals surface area contributed by atoms with Gasteiger partial charge in [-0.15, -0.1) is 0 Å². The Balaban J connectivity index is 2.38. The SMILES string of the molecule is CNCCc1nc(Br)c(-c2cccnc2)n1C. The average molecular weight is 295 g/mol. The lowest BCUT2D eigenvalue weighted by Crippen LogP contribution is -2.13. The van der Waals surface area contributed by atoms with E-state index in [2.05, 4.69) is 35.8 Å². The Morgan fingerprint density at radius 1 is 1.47 bits per heavy atom. The molecule has 0 aliphatic heterocycles. The Hall–Kier alpha value is -1.20. The van der Waals surface area contributed by atoms with Gasteiger partial charge in [0.05, 0.1) is 5.69 Å². The molecule has 0 amide bonds. The normalized spacial score (nSPS) is 10.8. The van der Waals surface area contributed by atoms with E-state index in [0.29, 0.717) is 0 Å². The Kier molecular flexibility index (Phi) is 3.91. The highest BCUT2D eigenvalue weighted by Gasteiger charge is 2.13. The second-order valence-corrected chi connectivity index (χ2v) is 4.57. The molecule has 0 saturated carbocycles. The summed E-state index contributed by atoms with van der Waals surface area (Å²) in [5, 5.41) is 3.13. The van der Waals surface area contributed by atoms with E-state index in [1.165, 1.54) is 0 Å². The van der Waals surface area contributed by atoms with Crippen molar-refractivity contribution < 1.29 is 0 Å². The van der Waals surface area contributed by atoms with Gasteiger partial charge < -0.3 is 9.88 Å². The highest BCUT2D eigenvalue weighted by Crippen LogP contribution is 2.27. The number of rotatable bonds is 4.